The fraction of sp³-hybridized carbons (Fsp3) is 0.158. The van der Waals surface area contributed by atoms with Gasteiger partial charge in [-0.3, -0.25) is 4.79 Å². The molecule has 4 aromatic carbocycles. The molecule has 0 aliphatic carbocycles. The highest BCUT2D eigenvalue weighted by atomic mass is 79.9. The lowest BCUT2D eigenvalue weighted by Gasteiger charge is -2.17. The van der Waals surface area contributed by atoms with Crippen molar-refractivity contribution in [1.29, 1.82) is 0 Å². The molecule has 2 heterocycles. The minimum atomic E-state index is -0.491. The predicted molar refractivity (Wildman–Crippen MR) is 195 cm³/mol. The van der Waals surface area contributed by atoms with E-state index in [1.54, 1.807) is 12.1 Å². The fourth-order valence-corrected chi connectivity index (χ4v) is 6.31. The monoisotopic (exact) mass is 769 g/mol. The third-order valence-corrected chi connectivity index (χ3v) is 9.85. The van der Waals surface area contributed by atoms with E-state index in [9.17, 15) is 4.79 Å². The normalized spacial score (nSPS) is 11.3. The molecule has 2 aromatic heterocycles. The number of halogens is 2. The van der Waals surface area contributed by atoms with Crippen LogP contribution in [0.5, 0.6) is 17.2 Å². The lowest BCUT2D eigenvalue weighted by atomic mass is 10.1. The number of nitrogens with zero attached hydrogens (tertiary/aromatic N) is 2. The topological polar surface area (TPSA) is 87.2 Å². The van der Waals surface area contributed by atoms with Crippen molar-refractivity contribution in [3.63, 3.8) is 0 Å². The highest BCUT2D eigenvalue weighted by Gasteiger charge is 2.18. The molecule has 6 rings (SSSR count). The first-order valence-corrected chi connectivity index (χ1v) is 17.0. The average molecular weight is 772 g/mol. The molecule has 1 N–H and O–H groups in total. The number of hydrazone groups is 1. The summed E-state index contributed by atoms with van der Waals surface area (Å²) in [5.41, 5.74) is 7.65. The summed E-state index contributed by atoms with van der Waals surface area (Å²) in [6.07, 6.45) is 1.52. The van der Waals surface area contributed by atoms with Gasteiger partial charge >= 0.3 is 5.91 Å². The maximum absolute atomic E-state index is 12.8. The molecule has 10 heteroatoms. The molecular weight excluding hydrogens is 738 g/mol. The molecule has 0 radical (unpaired) electrons. The molecule has 0 saturated heterocycles. The van der Waals surface area contributed by atoms with Crippen molar-refractivity contribution in [1.82, 2.24) is 9.99 Å². The summed E-state index contributed by atoms with van der Waals surface area (Å²) < 4.78 is 27.4. The molecule has 0 spiro atoms. The molecule has 0 aliphatic heterocycles. The Morgan fingerprint density at radius 1 is 0.854 bits per heavy atom. The zero-order valence-electron chi connectivity index (χ0n) is 26.6. The lowest BCUT2D eigenvalue weighted by molar-refractivity contribution is 0.0923. The highest BCUT2D eigenvalue weighted by Crippen LogP contribution is 2.43. The number of fused-ring (bicyclic) bond motifs is 1. The van der Waals surface area contributed by atoms with Crippen LogP contribution in [-0.2, 0) is 13.2 Å². The Morgan fingerprint density at radius 2 is 1.60 bits per heavy atom. The van der Waals surface area contributed by atoms with Gasteiger partial charge in [0.05, 0.1) is 17.3 Å². The van der Waals surface area contributed by atoms with Crippen LogP contribution in [0.3, 0.4) is 0 Å². The number of carbonyl (C=O) groups excluding carboxylic acids is 1. The first-order chi connectivity index (χ1) is 23.3. The third-order valence-electron chi connectivity index (χ3n) is 7.71. The van der Waals surface area contributed by atoms with Crippen LogP contribution in [0.15, 0.2) is 116 Å². The van der Waals surface area contributed by atoms with E-state index in [1.807, 2.05) is 55.5 Å². The van der Waals surface area contributed by atoms with Crippen LogP contribution in [0.4, 0.5) is 0 Å². The summed E-state index contributed by atoms with van der Waals surface area (Å²) in [6, 6.07) is 31.5. The minimum Gasteiger partial charge on any atom is -0.490 e. The summed E-state index contributed by atoms with van der Waals surface area (Å²) in [4.78, 5) is 12.8. The van der Waals surface area contributed by atoms with E-state index < -0.39 is 5.91 Å². The van der Waals surface area contributed by atoms with Gasteiger partial charge in [-0.15, -0.1) is 0 Å². The summed E-state index contributed by atoms with van der Waals surface area (Å²) in [5, 5.41) is 6.44. The number of nitrogens with one attached hydrogen (secondary N) is 1. The Labute approximate surface area is 295 Å². The average Bonchev–Trinajstić information content (AvgIpc) is 3.72. The number of amides is 1. The zero-order valence-corrected chi connectivity index (χ0v) is 29.8. The first kappa shape index (κ1) is 33.1. The van der Waals surface area contributed by atoms with Gasteiger partial charge in [0, 0.05) is 27.1 Å². The minimum absolute atomic E-state index is 0.118. The second-order valence-electron chi connectivity index (χ2n) is 11.0. The van der Waals surface area contributed by atoms with Gasteiger partial charge in [-0.05, 0) is 124 Å². The van der Waals surface area contributed by atoms with Crippen molar-refractivity contribution < 1.29 is 23.4 Å². The Morgan fingerprint density at radius 3 is 2.38 bits per heavy atom. The fourth-order valence-electron chi connectivity index (χ4n) is 5.38. The molecule has 6 aromatic rings. The van der Waals surface area contributed by atoms with E-state index in [4.69, 9.17) is 18.6 Å². The maximum Gasteiger partial charge on any atom is 0.307 e. The Bertz CT molecular complexity index is 2080. The van der Waals surface area contributed by atoms with Crippen molar-refractivity contribution in [2.75, 3.05) is 6.61 Å². The summed E-state index contributed by atoms with van der Waals surface area (Å²) in [5.74, 6) is 1.94. The number of aromatic nitrogens is 1. The molecule has 244 valence electrons. The molecule has 0 fully saturated rings. The third kappa shape index (κ3) is 7.35. The standard InChI is InChI=1S/C38H33Br2N3O5/c1-4-45-34-20-28(35(39)36(40)37(34)47-22-27-10-7-9-26-8-5-6-11-32(26)27)21-41-42-38(44)33-19-18-31(48-33)23-46-30-16-14-29(15-17-30)43-24(2)12-13-25(43)3/h5-21H,4,22-23H2,1-3H3,(H,42,44)/b41-21+. The van der Waals surface area contributed by atoms with Crippen LogP contribution in [0.2, 0.25) is 0 Å². The second-order valence-corrected chi connectivity index (χ2v) is 12.6. The van der Waals surface area contributed by atoms with E-state index in [-0.39, 0.29) is 12.4 Å². The molecule has 1 amide bonds. The highest BCUT2D eigenvalue weighted by molar-refractivity contribution is 9.13. The van der Waals surface area contributed by atoms with Crippen LogP contribution >= 0.6 is 31.9 Å². The van der Waals surface area contributed by atoms with Crippen molar-refractivity contribution >= 4 is 54.8 Å². The number of aryl methyl sites for hydroxylation is 2. The maximum atomic E-state index is 12.8. The van der Waals surface area contributed by atoms with Crippen LogP contribution in [0.1, 0.15) is 45.8 Å². The van der Waals surface area contributed by atoms with Crippen LogP contribution in [0, 0.1) is 13.8 Å². The van der Waals surface area contributed by atoms with Gasteiger partial charge < -0.3 is 23.2 Å². The molecule has 0 unspecified atom stereocenters. The number of benzene rings is 4. The van der Waals surface area contributed by atoms with Crippen molar-refractivity contribution in [3.8, 4) is 22.9 Å². The van der Waals surface area contributed by atoms with Gasteiger partial charge in [-0.2, -0.15) is 5.10 Å². The van der Waals surface area contributed by atoms with Crippen molar-refractivity contribution in [2.45, 2.75) is 34.0 Å². The molecule has 48 heavy (non-hydrogen) atoms. The number of hydrogen-bond acceptors (Lipinski definition) is 6. The van der Waals surface area contributed by atoms with Gasteiger partial charge in [0.15, 0.2) is 17.3 Å². The zero-order chi connectivity index (χ0) is 33.6. The first-order valence-electron chi connectivity index (χ1n) is 15.4. The molecular formula is C38H33Br2N3O5. The number of hydrogen-bond donors (Lipinski definition) is 1. The molecule has 0 aliphatic rings. The van der Waals surface area contributed by atoms with E-state index >= 15 is 0 Å². The molecule has 0 atom stereocenters. The van der Waals surface area contributed by atoms with Gasteiger partial charge in [-0.1, -0.05) is 42.5 Å². The molecule has 8 nitrogen and oxygen atoms in total. The SMILES string of the molecule is CCOc1cc(/C=N/NC(=O)c2ccc(COc3ccc(-n4c(C)ccc4C)cc3)o2)c(Br)c(Br)c1OCc1cccc2ccccc12. The van der Waals surface area contributed by atoms with Crippen molar-refractivity contribution in [3.05, 3.63) is 140 Å². The second kappa shape index (κ2) is 15.0. The van der Waals surface area contributed by atoms with E-state index in [2.05, 4.69) is 97.2 Å². The summed E-state index contributed by atoms with van der Waals surface area (Å²) in [7, 11) is 0. The van der Waals surface area contributed by atoms with Gasteiger partial charge in [0.1, 0.15) is 24.7 Å². The van der Waals surface area contributed by atoms with Crippen LogP contribution in [-0.4, -0.2) is 23.3 Å². The van der Waals surface area contributed by atoms with Crippen molar-refractivity contribution in [2.24, 2.45) is 5.10 Å². The predicted octanol–water partition coefficient (Wildman–Crippen LogP) is 9.69. The van der Waals surface area contributed by atoms with Gasteiger partial charge in [-0.25, -0.2) is 5.43 Å². The van der Waals surface area contributed by atoms with E-state index in [0.717, 1.165) is 22.0 Å². The molecule has 0 bridgehead atoms. The van der Waals surface area contributed by atoms with Gasteiger partial charge in [0.25, 0.3) is 0 Å². The van der Waals surface area contributed by atoms with Crippen LogP contribution in [0.25, 0.3) is 16.5 Å². The largest absolute Gasteiger partial charge is 0.490 e. The number of ether oxygens (including phenoxy) is 3. The molecule has 0 saturated carbocycles. The number of rotatable bonds is 12. The smallest absolute Gasteiger partial charge is 0.307 e. The Hall–Kier alpha value is -4.80. The Kier molecular flexibility index (Phi) is 10.3. The quantitative estimate of drug-likeness (QED) is 0.0990. The number of furan rings is 1. The van der Waals surface area contributed by atoms with Gasteiger partial charge in [0.2, 0.25) is 0 Å². The van der Waals surface area contributed by atoms with E-state index in [1.165, 1.54) is 17.6 Å². The van der Waals surface area contributed by atoms with E-state index in [0.29, 0.717) is 50.7 Å². The number of carbonyl (C=O) groups is 1. The summed E-state index contributed by atoms with van der Waals surface area (Å²) >= 11 is 7.29. The Balaban J connectivity index is 1.07. The lowest BCUT2D eigenvalue weighted by Crippen LogP contribution is -2.17. The summed E-state index contributed by atoms with van der Waals surface area (Å²) in [6.45, 7) is 7.02. The van der Waals surface area contributed by atoms with Crippen LogP contribution < -0.4 is 19.6 Å².